The van der Waals surface area contributed by atoms with Crippen LogP contribution < -0.4 is 5.32 Å². The Morgan fingerprint density at radius 1 is 1.24 bits per heavy atom. The third kappa shape index (κ3) is 6.36. The Hall–Kier alpha value is -0.970. The molecular formula is C19H28Cl2N2O2. The van der Waals surface area contributed by atoms with Gasteiger partial charge in [-0.25, -0.2) is 4.79 Å². The van der Waals surface area contributed by atoms with Gasteiger partial charge in [-0.2, -0.15) is 0 Å². The van der Waals surface area contributed by atoms with Gasteiger partial charge in [-0.3, -0.25) is 0 Å². The molecule has 1 aromatic carbocycles. The molecule has 0 saturated heterocycles. The lowest BCUT2D eigenvalue weighted by Gasteiger charge is -2.35. The SMILES string of the molecule is CN(C(=O)OC(C)(C)C)C1CCC(NCc2cc(Cl)ccc2Cl)CC1. The quantitative estimate of drug-likeness (QED) is 0.766. The summed E-state index contributed by atoms with van der Waals surface area (Å²) >= 11 is 12.2. The maximum Gasteiger partial charge on any atom is 0.410 e. The van der Waals surface area contributed by atoms with Crippen LogP contribution in [0.25, 0.3) is 0 Å². The van der Waals surface area contributed by atoms with E-state index in [9.17, 15) is 4.79 Å². The lowest BCUT2D eigenvalue weighted by atomic mass is 9.90. The van der Waals surface area contributed by atoms with Crippen molar-refractivity contribution in [2.45, 2.75) is 70.7 Å². The van der Waals surface area contributed by atoms with Gasteiger partial charge in [0.05, 0.1) is 0 Å². The van der Waals surface area contributed by atoms with Gasteiger partial charge in [-0.05, 0) is 70.2 Å². The van der Waals surface area contributed by atoms with Crippen LogP contribution in [0, 0.1) is 0 Å². The summed E-state index contributed by atoms with van der Waals surface area (Å²) < 4.78 is 5.45. The molecule has 0 bridgehead atoms. The summed E-state index contributed by atoms with van der Waals surface area (Å²) in [5, 5.41) is 4.98. The van der Waals surface area contributed by atoms with Crippen molar-refractivity contribution in [2.24, 2.45) is 0 Å². The third-order valence-electron chi connectivity index (χ3n) is 4.51. The Kier molecular flexibility index (Phi) is 7.01. The summed E-state index contributed by atoms with van der Waals surface area (Å²) in [6.07, 6.45) is 3.74. The Morgan fingerprint density at radius 2 is 1.88 bits per heavy atom. The summed E-state index contributed by atoms with van der Waals surface area (Å²) in [7, 11) is 1.83. The van der Waals surface area contributed by atoms with Crippen molar-refractivity contribution in [2.75, 3.05) is 7.05 Å². The molecule has 25 heavy (non-hydrogen) atoms. The van der Waals surface area contributed by atoms with E-state index in [2.05, 4.69) is 5.32 Å². The Morgan fingerprint density at radius 3 is 2.48 bits per heavy atom. The molecule has 1 saturated carbocycles. The average Bonchev–Trinajstić information content (AvgIpc) is 2.54. The molecule has 0 heterocycles. The number of nitrogens with zero attached hydrogens (tertiary/aromatic N) is 1. The van der Waals surface area contributed by atoms with Gasteiger partial charge < -0.3 is 15.0 Å². The lowest BCUT2D eigenvalue weighted by molar-refractivity contribution is 0.0179. The molecule has 0 atom stereocenters. The first-order valence-electron chi connectivity index (χ1n) is 8.79. The number of ether oxygens (including phenoxy) is 1. The minimum absolute atomic E-state index is 0.239. The van der Waals surface area contributed by atoms with E-state index < -0.39 is 5.60 Å². The molecule has 1 aliphatic rings. The van der Waals surface area contributed by atoms with Gasteiger partial charge in [0.15, 0.2) is 0 Å². The molecule has 1 amide bonds. The minimum atomic E-state index is -0.458. The van der Waals surface area contributed by atoms with E-state index in [0.717, 1.165) is 36.3 Å². The van der Waals surface area contributed by atoms with Crippen molar-refractivity contribution in [1.29, 1.82) is 0 Å². The van der Waals surface area contributed by atoms with Crippen LogP contribution in [0.1, 0.15) is 52.0 Å². The van der Waals surface area contributed by atoms with Crippen LogP contribution in [-0.4, -0.2) is 35.7 Å². The van der Waals surface area contributed by atoms with E-state index in [1.165, 1.54) is 0 Å². The van der Waals surface area contributed by atoms with Gasteiger partial charge in [0.2, 0.25) is 0 Å². The fraction of sp³-hybridized carbons (Fsp3) is 0.632. The molecule has 4 nitrogen and oxygen atoms in total. The highest BCUT2D eigenvalue weighted by molar-refractivity contribution is 6.33. The van der Waals surface area contributed by atoms with Crippen LogP contribution in [-0.2, 0) is 11.3 Å². The second-order valence-electron chi connectivity index (χ2n) is 7.71. The fourth-order valence-electron chi connectivity index (χ4n) is 3.08. The van der Waals surface area contributed by atoms with E-state index in [4.69, 9.17) is 27.9 Å². The van der Waals surface area contributed by atoms with Gasteiger partial charge in [0, 0.05) is 35.7 Å². The van der Waals surface area contributed by atoms with Crippen LogP contribution >= 0.6 is 23.2 Å². The van der Waals surface area contributed by atoms with Crippen molar-refractivity contribution in [3.63, 3.8) is 0 Å². The zero-order valence-electron chi connectivity index (χ0n) is 15.4. The van der Waals surface area contributed by atoms with E-state index in [-0.39, 0.29) is 12.1 Å². The molecule has 140 valence electrons. The van der Waals surface area contributed by atoms with Gasteiger partial charge in [-0.15, -0.1) is 0 Å². The zero-order valence-corrected chi connectivity index (χ0v) is 17.0. The summed E-state index contributed by atoms with van der Waals surface area (Å²) in [6.45, 7) is 6.37. The smallest absolute Gasteiger partial charge is 0.410 e. The second kappa shape index (κ2) is 8.61. The van der Waals surface area contributed by atoms with Gasteiger partial charge in [0.1, 0.15) is 5.60 Å². The van der Waals surface area contributed by atoms with E-state index in [0.29, 0.717) is 17.6 Å². The van der Waals surface area contributed by atoms with Crippen LogP contribution in [0.15, 0.2) is 18.2 Å². The number of hydrogen-bond donors (Lipinski definition) is 1. The number of amides is 1. The average molecular weight is 387 g/mol. The molecule has 0 radical (unpaired) electrons. The molecule has 1 N–H and O–H groups in total. The predicted molar refractivity (Wildman–Crippen MR) is 103 cm³/mol. The van der Waals surface area contributed by atoms with Crippen molar-refractivity contribution >= 4 is 29.3 Å². The highest BCUT2D eigenvalue weighted by Crippen LogP contribution is 2.25. The molecule has 0 spiro atoms. The number of carbonyl (C=O) groups is 1. The molecular weight excluding hydrogens is 359 g/mol. The standard InChI is InChI=1S/C19H28Cl2N2O2/c1-19(2,3)25-18(24)23(4)16-8-6-15(7-9-16)22-12-13-11-14(20)5-10-17(13)21/h5,10-11,15-16,22H,6-9,12H2,1-4H3. The molecule has 6 heteroatoms. The number of carbonyl (C=O) groups excluding carboxylic acids is 1. The molecule has 1 aliphatic carbocycles. The van der Waals surface area contributed by atoms with Crippen molar-refractivity contribution in [3.05, 3.63) is 33.8 Å². The zero-order chi connectivity index (χ0) is 18.6. The number of hydrogen-bond acceptors (Lipinski definition) is 3. The van der Waals surface area contributed by atoms with Crippen molar-refractivity contribution < 1.29 is 9.53 Å². The van der Waals surface area contributed by atoms with E-state index in [1.807, 2.05) is 40.0 Å². The van der Waals surface area contributed by atoms with Crippen LogP contribution in [0.5, 0.6) is 0 Å². The fourth-order valence-corrected chi connectivity index (χ4v) is 3.46. The molecule has 1 fully saturated rings. The first-order valence-corrected chi connectivity index (χ1v) is 9.54. The largest absolute Gasteiger partial charge is 0.444 e. The van der Waals surface area contributed by atoms with Gasteiger partial charge >= 0.3 is 6.09 Å². The van der Waals surface area contributed by atoms with Crippen LogP contribution in [0.4, 0.5) is 4.79 Å². The summed E-state index contributed by atoms with van der Waals surface area (Å²) in [4.78, 5) is 13.9. The van der Waals surface area contributed by atoms with Crippen molar-refractivity contribution in [3.8, 4) is 0 Å². The summed E-state index contributed by atoms with van der Waals surface area (Å²) in [5.74, 6) is 0. The first-order chi connectivity index (χ1) is 11.7. The first kappa shape index (κ1) is 20.3. The normalized spacial score (nSPS) is 21.0. The number of halogens is 2. The van der Waals surface area contributed by atoms with Crippen LogP contribution in [0.2, 0.25) is 10.0 Å². The van der Waals surface area contributed by atoms with E-state index in [1.54, 1.807) is 11.0 Å². The molecule has 0 unspecified atom stereocenters. The topological polar surface area (TPSA) is 41.6 Å². The van der Waals surface area contributed by atoms with Crippen molar-refractivity contribution in [1.82, 2.24) is 10.2 Å². The number of rotatable bonds is 4. The lowest BCUT2D eigenvalue weighted by Crippen LogP contribution is -2.44. The Labute approximate surface area is 160 Å². The van der Waals surface area contributed by atoms with Crippen LogP contribution in [0.3, 0.4) is 0 Å². The molecule has 0 aromatic heterocycles. The van der Waals surface area contributed by atoms with E-state index >= 15 is 0 Å². The Balaban J connectivity index is 1.79. The highest BCUT2D eigenvalue weighted by atomic mass is 35.5. The molecule has 0 aliphatic heterocycles. The van der Waals surface area contributed by atoms with Gasteiger partial charge in [-0.1, -0.05) is 23.2 Å². The number of nitrogens with one attached hydrogen (secondary N) is 1. The molecule has 1 aromatic rings. The summed E-state index contributed by atoms with van der Waals surface area (Å²) in [5.41, 5.74) is 0.558. The maximum atomic E-state index is 12.2. The highest BCUT2D eigenvalue weighted by Gasteiger charge is 2.29. The number of benzene rings is 1. The molecule has 2 rings (SSSR count). The minimum Gasteiger partial charge on any atom is -0.444 e. The summed E-state index contributed by atoms with van der Waals surface area (Å²) in [6, 6.07) is 6.19. The maximum absolute atomic E-state index is 12.2. The Bertz CT molecular complexity index is 594. The van der Waals surface area contributed by atoms with Gasteiger partial charge in [0.25, 0.3) is 0 Å². The predicted octanol–water partition coefficient (Wildman–Crippen LogP) is 5.26. The second-order valence-corrected chi connectivity index (χ2v) is 8.56. The monoisotopic (exact) mass is 386 g/mol. The third-order valence-corrected chi connectivity index (χ3v) is 5.12.